The van der Waals surface area contributed by atoms with Crippen LogP contribution in [0.4, 0.5) is 0 Å². The summed E-state index contributed by atoms with van der Waals surface area (Å²) in [5.74, 6) is 3.43. The van der Waals surface area contributed by atoms with Crippen molar-refractivity contribution in [1.82, 2.24) is 5.32 Å². The van der Waals surface area contributed by atoms with Crippen LogP contribution < -0.4 is 5.32 Å². The second-order valence-corrected chi connectivity index (χ2v) is 21.2. The first-order valence-electron chi connectivity index (χ1n) is 23.3. The Morgan fingerprint density at radius 2 is 1.36 bits per heavy atom. The van der Waals surface area contributed by atoms with Crippen LogP contribution in [0.25, 0.3) is 0 Å². The topological polar surface area (TPSA) is 238 Å². The number of ether oxygens (including phenoxy) is 7. The number of fused-ring (bicyclic) bond motifs is 7. The van der Waals surface area contributed by atoms with E-state index in [2.05, 4.69) is 39.1 Å². The summed E-state index contributed by atoms with van der Waals surface area (Å²) in [4.78, 5) is 0. The van der Waals surface area contributed by atoms with E-state index in [9.17, 15) is 40.9 Å². The lowest BCUT2D eigenvalue weighted by Gasteiger charge is -2.59. The Kier molecular flexibility index (Phi) is 12.4. The standard InChI is InChI=1S/C45H73NO15/c1-19-9-14-45(46-17-19)20(2)30-28(61-45)16-27-25-8-7-23-15-24(10-12-43(23,5)26(25)11-13-44(27,30)6)57-42-39(60-41-36(53)34(51)32(49)22(4)56-41)37(54)38(29(18-47)58-42)59-40-35(52)33(50)31(48)21(3)55-40/h7,19-22,24-42,46-54H,8-18H2,1-6H3/t19-,20-,21?,22?,24-,25+,26-,27-,28-,29?,30-,31?,32?,33?,34?,35?,36?,37?,38?,39?,40?,41?,42?,43-,44-,45-/m0/s1. The smallest absolute Gasteiger partial charge is 0.187 e. The van der Waals surface area contributed by atoms with Crippen molar-refractivity contribution in [2.75, 3.05) is 13.2 Å². The van der Waals surface area contributed by atoms with E-state index in [1.165, 1.54) is 38.7 Å². The first kappa shape index (κ1) is 45.3. The fourth-order valence-electron chi connectivity index (χ4n) is 14.2. The Morgan fingerprint density at radius 1 is 0.705 bits per heavy atom. The van der Waals surface area contributed by atoms with Crippen molar-refractivity contribution >= 4 is 0 Å². The zero-order valence-corrected chi connectivity index (χ0v) is 36.6. The number of allylic oxidation sites excluding steroid dienone is 1. The first-order chi connectivity index (χ1) is 28.9. The molecule has 348 valence electrons. The second-order valence-electron chi connectivity index (χ2n) is 21.2. The summed E-state index contributed by atoms with van der Waals surface area (Å²) in [5.41, 5.74) is 1.41. The van der Waals surface area contributed by atoms with Crippen LogP contribution in [0.2, 0.25) is 0 Å². The van der Waals surface area contributed by atoms with Gasteiger partial charge in [-0.1, -0.05) is 39.3 Å². The molecule has 0 bridgehead atoms. The predicted octanol–water partition coefficient (Wildman–Crippen LogP) is 0.815. The predicted molar refractivity (Wildman–Crippen MR) is 215 cm³/mol. The summed E-state index contributed by atoms with van der Waals surface area (Å²) in [6.07, 6.45) is -9.93. The van der Waals surface area contributed by atoms with Crippen LogP contribution in [-0.2, 0) is 33.2 Å². The van der Waals surface area contributed by atoms with Gasteiger partial charge in [0.2, 0.25) is 0 Å². The Bertz CT molecular complexity index is 1600. The van der Waals surface area contributed by atoms with Gasteiger partial charge in [0.05, 0.1) is 31.0 Å². The fourth-order valence-corrected chi connectivity index (χ4v) is 14.2. The lowest BCUT2D eigenvalue weighted by molar-refractivity contribution is -0.388. The zero-order chi connectivity index (χ0) is 43.5. The molecule has 16 heteroatoms. The maximum absolute atomic E-state index is 12.0. The zero-order valence-electron chi connectivity index (χ0n) is 36.6. The van der Waals surface area contributed by atoms with E-state index in [1.807, 2.05) is 0 Å². The highest BCUT2D eigenvalue weighted by atomic mass is 16.8. The highest BCUT2D eigenvalue weighted by Crippen LogP contribution is 2.70. The van der Waals surface area contributed by atoms with Crippen molar-refractivity contribution in [3.05, 3.63) is 11.6 Å². The molecule has 3 saturated carbocycles. The Hall–Kier alpha value is -0.900. The van der Waals surface area contributed by atoms with Crippen LogP contribution >= 0.6 is 0 Å². The number of hydrogen-bond acceptors (Lipinski definition) is 16. The van der Waals surface area contributed by atoms with Crippen molar-refractivity contribution in [2.24, 2.45) is 46.3 Å². The molecule has 15 unspecified atom stereocenters. The van der Waals surface area contributed by atoms with Gasteiger partial charge in [0.25, 0.3) is 0 Å². The third-order valence-electron chi connectivity index (χ3n) is 17.9. The lowest BCUT2D eigenvalue weighted by atomic mass is 9.47. The van der Waals surface area contributed by atoms with Crippen molar-refractivity contribution in [3.8, 4) is 0 Å². The monoisotopic (exact) mass is 867 g/mol. The van der Waals surface area contributed by atoms with Crippen LogP contribution in [0.3, 0.4) is 0 Å². The number of rotatable bonds is 7. The molecule has 4 aliphatic carbocycles. The summed E-state index contributed by atoms with van der Waals surface area (Å²) in [6, 6.07) is 0. The van der Waals surface area contributed by atoms with Crippen LogP contribution in [0.15, 0.2) is 11.6 Å². The fraction of sp³-hybridized carbons (Fsp3) is 0.956. The van der Waals surface area contributed by atoms with E-state index in [-0.39, 0.29) is 22.7 Å². The van der Waals surface area contributed by atoms with Crippen molar-refractivity contribution in [1.29, 1.82) is 0 Å². The van der Waals surface area contributed by atoms with E-state index >= 15 is 0 Å². The van der Waals surface area contributed by atoms with E-state index in [0.717, 1.165) is 32.2 Å². The minimum atomic E-state index is -1.70. The molecule has 0 aromatic rings. The van der Waals surface area contributed by atoms with Gasteiger partial charge in [0.15, 0.2) is 18.9 Å². The number of aliphatic hydroxyl groups excluding tert-OH is 8. The lowest BCUT2D eigenvalue weighted by Crippen LogP contribution is -2.66. The Morgan fingerprint density at radius 3 is 1.98 bits per heavy atom. The maximum Gasteiger partial charge on any atom is 0.187 e. The van der Waals surface area contributed by atoms with Gasteiger partial charge in [-0.3, -0.25) is 5.32 Å². The summed E-state index contributed by atoms with van der Waals surface area (Å²) >= 11 is 0. The minimum Gasteiger partial charge on any atom is -0.394 e. The van der Waals surface area contributed by atoms with Gasteiger partial charge in [0.1, 0.15) is 66.8 Å². The molecule has 61 heavy (non-hydrogen) atoms. The average Bonchev–Trinajstić information content (AvgIpc) is 3.69. The SMILES string of the molecule is CC1OC(OC2C(CO)OC(O[C@H]3CC[C@@]4(C)C(=CC[C@H]5[C@@H]6C[C@@H]7O[C@@]8(CC[C@H](C)CN8)[C@@H](C)[C@@H]7[C@@]6(C)CC[C@@H]54)C3)C(OC3OC(C)C(O)C(O)C3O)C2O)C(O)C(O)C1O. The molecule has 16 nitrogen and oxygen atoms in total. The van der Waals surface area contributed by atoms with Crippen LogP contribution in [0.1, 0.15) is 99.3 Å². The van der Waals surface area contributed by atoms with Crippen molar-refractivity contribution in [3.63, 3.8) is 0 Å². The van der Waals surface area contributed by atoms with Gasteiger partial charge < -0.3 is 74.0 Å². The molecule has 0 aromatic heterocycles. The minimum absolute atomic E-state index is 0.00472. The Balaban J connectivity index is 0.916. The molecule has 0 aromatic carbocycles. The largest absolute Gasteiger partial charge is 0.394 e. The van der Waals surface area contributed by atoms with Gasteiger partial charge >= 0.3 is 0 Å². The van der Waals surface area contributed by atoms with E-state index < -0.39 is 98.7 Å². The van der Waals surface area contributed by atoms with Crippen LogP contribution in [-0.4, -0.2) is 164 Å². The van der Waals surface area contributed by atoms with Gasteiger partial charge in [-0.15, -0.1) is 0 Å². The summed E-state index contributed by atoms with van der Waals surface area (Å²) < 4.78 is 43.7. The molecule has 5 heterocycles. The normalized spacial score (nSPS) is 58.4. The summed E-state index contributed by atoms with van der Waals surface area (Å²) in [5, 5.41) is 89.8. The van der Waals surface area contributed by atoms with Gasteiger partial charge in [0, 0.05) is 12.5 Å². The van der Waals surface area contributed by atoms with Crippen molar-refractivity contribution < 1.29 is 74.0 Å². The molecule has 0 amide bonds. The molecule has 9 aliphatic rings. The highest BCUT2D eigenvalue weighted by molar-refractivity contribution is 5.26. The number of aliphatic hydroxyl groups is 8. The summed E-state index contributed by atoms with van der Waals surface area (Å²) in [6.45, 7) is 13.2. The number of piperidine rings is 1. The molecule has 9 rings (SSSR count). The third kappa shape index (κ3) is 7.42. The van der Waals surface area contributed by atoms with Crippen molar-refractivity contribution in [2.45, 2.75) is 209 Å². The number of nitrogens with one attached hydrogen (secondary N) is 1. The highest BCUT2D eigenvalue weighted by Gasteiger charge is 2.68. The molecule has 26 atom stereocenters. The Labute approximate surface area is 359 Å². The molecule has 1 spiro atoms. The second kappa shape index (κ2) is 16.8. The molecule has 0 radical (unpaired) electrons. The maximum atomic E-state index is 12.0. The molecule has 8 fully saturated rings. The molecule has 5 saturated heterocycles. The van der Waals surface area contributed by atoms with E-state index in [4.69, 9.17) is 33.2 Å². The van der Waals surface area contributed by atoms with Gasteiger partial charge in [-0.25, -0.2) is 0 Å². The van der Waals surface area contributed by atoms with E-state index in [1.54, 1.807) is 0 Å². The molecule has 5 aliphatic heterocycles. The molecular formula is C45H73NO15. The molecular weight excluding hydrogens is 794 g/mol. The average molecular weight is 868 g/mol. The van der Waals surface area contributed by atoms with E-state index in [0.29, 0.717) is 54.5 Å². The van der Waals surface area contributed by atoms with Gasteiger partial charge in [-0.05, 0) is 112 Å². The number of hydrogen-bond donors (Lipinski definition) is 9. The third-order valence-corrected chi connectivity index (χ3v) is 17.9. The first-order valence-corrected chi connectivity index (χ1v) is 23.3. The van der Waals surface area contributed by atoms with Crippen LogP contribution in [0.5, 0.6) is 0 Å². The van der Waals surface area contributed by atoms with Crippen LogP contribution in [0, 0.1) is 46.3 Å². The molecule has 9 N–H and O–H groups in total. The summed E-state index contributed by atoms with van der Waals surface area (Å²) in [7, 11) is 0. The quantitative estimate of drug-likeness (QED) is 0.161. The van der Waals surface area contributed by atoms with Gasteiger partial charge in [-0.2, -0.15) is 0 Å².